The summed E-state index contributed by atoms with van der Waals surface area (Å²) in [7, 11) is 1.67. The lowest BCUT2D eigenvalue weighted by molar-refractivity contribution is -0.126. The van der Waals surface area contributed by atoms with Crippen molar-refractivity contribution in [2.24, 2.45) is 0 Å². The number of phenolic OH excluding ortho intramolecular Hbond substituents is 1. The average Bonchev–Trinajstić information content (AvgIpc) is 3.03. The molecule has 2 fully saturated rings. The molecule has 1 N–H and O–H groups in total. The van der Waals surface area contributed by atoms with Crippen molar-refractivity contribution in [3.8, 4) is 22.7 Å². The Bertz CT molecular complexity index is 1960. The molecule has 0 spiro atoms. The van der Waals surface area contributed by atoms with Crippen LogP contribution in [0.25, 0.3) is 28.0 Å². The van der Waals surface area contributed by atoms with Crippen molar-refractivity contribution in [3.63, 3.8) is 0 Å². The minimum atomic E-state index is -0.905. The molecule has 4 aromatic rings. The first-order chi connectivity index (χ1) is 23.0. The highest BCUT2D eigenvalue weighted by Crippen LogP contribution is 2.39. The number of hydrogen-bond acceptors (Lipinski definition) is 10. The standard InChI is InChI=1S/C34H37F2N7O4S/c1-7-27(45)40-11-12-42(19(4)15-40)32-21-13-23(36)30(28-22(35)9-8-10-24(28)44)38-33(21)43(34(46)39-32)31-25(48-6)14-26(37-29(31)18(2)3)41-16-20(17-41)47-5/h7-10,13-14,18-20,44H,1,11-12,15-17H2,2-6H3/t19-/m0/s1. The number of piperazine rings is 1. The summed E-state index contributed by atoms with van der Waals surface area (Å²) in [6.45, 7) is 11.7. The van der Waals surface area contributed by atoms with E-state index >= 15 is 8.78 Å². The zero-order chi connectivity index (χ0) is 34.4. The van der Waals surface area contributed by atoms with Gasteiger partial charge in [-0.15, -0.1) is 11.8 Å². The number of methoxy groups -OCH3 is 1. The maximum atomic E-state index is 16.1. The lowest BCUT2D eigenvalue weighted by Gasteiger charge is -2.40. The Hall–Kier alpha value is -4.56. The number of phenols is 1. The number of anilines is 2. The topological polar surface area (TPSA) is 117 Å². The van der Waals surface area contributed by atoms with Crippen molar-refractivity contribution in [1.82, 2.24) is 24.4 Å². The van der Waals surface area contributed by atoms with E-state index in [1.807, 2.05) is 38.0 Å². The molecule has 14 heteroatoms. The molecule has 3 aromatic heterocycles. The second kappa shape index (κ2) is 13.2. The smallest absolute Gasteiger partial charge is 0.355 e. The molecule has 2 aliphatic heterocycles. The minimum Gasteiger partial charge on any atom is -0.507 e. The molecular formula is C34H37F2N7O4S. The molecule has 11 nitrogen and oxygen atoms in total. The summed E-state index contributed by atoms with van der Waals surface area (Å²) in [5.74, 6) is -1.72. The van der Waals surface area contributed by atoms with Gasteiger partial charge in [-0.2, -0.15) is 4.98 Å². The summed E-state index contributed by atoms with van der Waals surface area (Å²) < 4.78 is 38.0. The van der Waals surface area contributed by atoms with Crippen molar-refractivity contribution in [2.75, 3.05) is 55.9 Å². The van der Waals surface area contributed by atoms with Gasteiger partial charge in [0.2, 0.25) is 5.91 Å². The second-order valence-corrected chi connectivity index (χ2v) is 13.1. The van der Waals surface area contributed by atoms with Gasteiger partial charge in [-0.1, -0.05) is 26.5 Å². The van der Waals surface area contributed by atoms with E-state index in [0.29, 0.717) is 49.0 Å². The van der Waals surface area contributed by atoms with Crippen molar-refractivity contribution >= 4 is 40.3 Å². The molecule has 0 bridgehead atoms. The highest BCUT2D eigenvalue weighted by Gasteiger charge is 2.33. The molecule has 48 heavy (non-hydrogen) atoms. The molecule has 1 aromatic carbocycles. The van der Waals surface area contributed by atoms with Crippen molar-refractivity contribution in [3.05, 3.63) is 70.8 Å². The van der Waals surface area contributed by atoms with E-state index in [9.17, 15) is 14.7 Å². The van der Waals surface area contributed by atoms with E-state index in [4.69, 9.17) is 9.72 Å². The SMILES string of the molecule is C=CC(=O)N1CCN(c2nc(=O)n(-c3c(SC)cc(N4CC(OC)C4)nc3C(C)C)c3nc(-c4c(O)cccc4F)c(F)cc23)[C@@H](C)C1. The van der Waals surface area contributed by atoms with Gasteiger partial charge in [-0.05, 0) is 49.4 Å². The Kier molecular flexibility index (Phi) is 9.14. The van der Waals surface area contributed by atoms with Gasteiger partial charge >= 0.3 is 5.69 Å². The van der Waals surface area contributed by atoms with E-state index in [1.54, 1.807) is 12.0 Å². The van der Waals surface area contributed by atoms with Crippen LogP contribution in [0.15, 0.2) is 52.7 Å². The molecule has 252 valence electrons. The first-order valence-electron chi connectivity index (χ1n) is 15.6. The fourth-order valence-corrected chi connectivity index (χ4v) is 6.90. The summed E-state index contributed by atoms with van der Waals surface area (Å²) in [6.07, 6.45) is 3.24. The van der Waals surface area contributed by atoms with Crippen LogP contribution >= 0.6 is 11.8 Å². The summed E-state index contributed by atoms with van der Waals surface area (Å²) in [6, 6.07) is 6.43. The van der Waals surface area contributed by atoms with E-state index in [2.05, 4.69) is 21.4 Å². The molecule has 1 amide bonds. The van der Waals surface area contributed by atoms with E-state index in [1.165, 1.54) is 40.6 Å². The molecule has 0 unspecified atom stereocenters. The number of ether oxygens (including phenoxy) is 1. The third kappa shape index (κ3) is 5.76. The third-order valence-electron chi connectivity index (χ3n) is 8.88. The Morgan fingerprint density at radius 2 is 1.88 bits per heavy atom. The number of hydrogen-bond donors (Lipinski definition) is 1. The number of pyridine rings is 2. The molecule has 0 aliphatic carbocycles. The van der Waals surface area contributed by atoms with Crippen LogP contribution in [0.3, 0.4) is 0 Å². The number of fused-ring (bicyclic) bond motifs is 1. The summed E-state index contributed by atoms with van der Waals surface area (Å²) >= 11 is 1.41. The highest BCUT2D eigenvalue weighted by atomic mass is 32.2. The van der Waals surface area contributed by atoms with Crippen molar-refractivity contribution < 1.29 is 23.4 Å². The van der Waals surface area contributed by atoms with Crippen LogP contribution in [0.4, 0.5) is 20.4 Å². The first kappa shape index (κ1) is 33.3. The number of carbonyl (C=O) groups is 1. The predicted octanol–water partition coefficient (Wildman–Crippen LogP) is 4.73. The second-order valence-electron chi connectivity index (χ2n) is 12.2. The van der Waals surface area contributed by atoms with Crippen LogP contribution in [-0.2, 0) is 9.53 Å². The highest BCUT2D eigenvalue weighted by molar-refractivity contribution is 7.98. The minimum absolute atomic E-state index is 0.0241. The number of amides is 1. The molecule has 2 aliphatic rings. The van der Waals surface area contributed by atoms with E-state index in [-0.39, 0.29) is 40.8 Å². The molecule has 0 saturated carbocycles. The summed E-state index contributed by atoms with van der Waals surface area (Å²) in [5, 5.41) is 10.8. The molecular weight excluding hydrogens is 640 g/mol. The number of aromatic nitrogens is 4. The van der Waals surface area contributed by atoms with Gasteiger partial charge in [0, 0.05) is 50.8 Å². The zero-order valence-electron chi connectivity index (χ0n) is 27.4. The lowest BCUT2D eigenvalue weighted by Crippen LogP contribution is -2.54. The number of nitrogens with zero attached hydrogens (tertiary/aromatic N) is 7. The van der Waals surface area contributed by atoms with Gasteiger partial charge in [0.05, 0.1) is 28.4 Å². The molecule has 6 rings (SSSR count). The summed E-state index contributed by atoms with van der Waals surface area (Å²) in [5.41, 5.74) is -0.501. The van der Waals surface area contributed by atoms with Gasteiger partial charge in [0.25, 0.3) is 0 Å². The monoisotopic (exact) mass is 677 g/mol. The number of rotatable bonds is 8. The Morgan fingerprint density at radius 3 is 2.50 bits per heavy atom. The van der Waals surface area contributed by atoms with Gasteiger partial charge < -0.3 is 24.5 Å². The molecule has 2 saturated heterocycles. The third-order valence-corrected chi connectivity index (χ3v) is 9.63. The molecule has 5 heterocycles. The Morgan fingerprint density at radius 1 is 1.12 bits per heavy atom. The Balaban J connectivity index is 1.63. The van der Waals surface area contributed by atoms with Gasteiger partial charge in [-0.3, -0.25) is 4.79 Å². The molecule has 0 radical (unpaired) electrons. The van der Waals surface area contributed by atoms with Crippen molar-refractivity contribution in [2.45, 2.75) is 43.7 Å². The van der Waals surface area contributed by atoms with Crippen LogP contribution in [0.5, 0.6) is 5.75 Å². The average molecular weight is 678 g/mol. The van der Waals surface area contributed by atoms with Crippen LogP contribution in [0.1, 0.15) is 32.4 Å². The quantitative estimate of drug-likeness (QED) is 0.207. The largest absolute Gasteiger partial charge is 0.507 e. The number of halogens is 2. The van der Waals surface area contributed by atoms with Crippen LogP contribution in [0, 0.1) is 11.6 Å². The van der Waals surface area contributed by atoms with E-state index in [0.717, 1.165) is 11.9 Å². The fraction of sp³-hybridized carbons (Fsp3) is 0.382. The van der Waals surface area contributed by atoms with Crippen molar-refractivity contribution in [1.29, 1.82) is 0 Å². The predicted molar refractivity (Wildman–Crippen MR) is 182 cm³/mol. The zero-order valence-corrected chi connectivity index (χ0v) is 28.2. The van der Waals surface area contributed by atoms with Gasteiger partial charge in [0.15, 0.2) is 11.5 Å². The number of thioether (sulfide) groups is 1. The maximum Gasteiger partial charge on any atom is 0.355 e. The Labute approximate surface area is 280 Å². The fourth-order valence-electron chi connectivity index (χ4n) is 6.29. The van der Waals surface area contributed by atoms with Gasteiger partial charge in [0.1, 0.15) is 28.9 Å². The van der Waals surface area contributed by atoms with Crippen LogP contribution in [0.2, 0.25) is 0 Å². The number of aromatic hydroxyl groups is 1. The molecule has 1 atom stereocenters. The van der Waals surface area contributed by atoms with Gasteiger partial charge in [-0.25, -0.2) is 28.1 Å². The summed E-state index contributed by atoms with van der Waals surface area (Å²) in [4.78, 5) is 47.1. The normalized spacial score (nSPS) is 16.9. The first-order valence-corrected chi connectivity index (χ1v) is 16.9. The number of carbonyl (C=O) groups excluding carboxylic acids is 1. The van der Waals surface area contributed by atoms with Crippen LogP contribution in [-0.4, -0.2) is 93.7 Å². The number of benzene rings is 1. The lowest BCUT2D eigenvalue weighted by atomic mass is 10.1. The van der Waals surface area contributed by atoms with Crippen LogP contribution < -0.4 is 15.5 Å². The maximum absolute atomic E-state index is 16.1. The van der Waals surface area contributed by atoms with E-state index < -0.39 is 34.3 Å².